The fraction of sp³-hybridized carbons (Fsp3) is 0.800. The molecule has 1 saturated carbocycles. The lowest BCUT2D eigenvalue weighted by Crippen LogP contribution is -2.51. The average Bonchev–Trinajstić information content (AvgIpc) is 2.14. The van der Waals surface area contributed by atoms with E-state index in [0.717, 1.165) is 0 Å². The van der Waals surface area contributed by atoms with E-state index in [1.54, 1.807) is 0 Å². The second-order valence-electron chi connectivity index (χ2n) is 3.96. The van der Waals surface area contributed by atoms with Crippen LogP contribution in [0.5, 0.6) is 0 Å². The largest absolute Gasteiger partial charge is 0.480 e. The first-order valence-electron chi connectivity index (χ1n) is 5.36. The van der Waals surface area contributed by atoms with Gasteiger partial charge < -0.3 is 15.2 Å². The molecule has 5 nitrogen and oxygen atoms in total. The van der Waals surface area contributed by atoms with Crippen LogP contribution in [0, 0.1) is 5.41 Å². The Kier molecular flexibility index (Phi) is 4.80. The second kappa shape index (κ2) is 5.90. The van der Waals surface area contributed by atoms with E-state index in [1.165, 1.54) is 0 Å². The quantitative estimate of drug-likeness (QED) is 0.514. The van der Waals surface area contributed by atoms with Crippen molar-refractivity contribution >= 4 is 11.9 Å². The molecule has 1 rings (SSSR count). The van der Waals surface area contributed by atoms with Gasteiger partial charge in [0.2, 0.25) is 5.91 Å². The molecule has 0 radical (unpaired) electrons. The van der Waals surface area contributed by atoms with Crippen molar-refractivity contribution in [2.24, 2.45) is 5.41 Å². The monoisotopic (exact) mass is 251 g/mol. The summed E-state index contributed by atoms with van der Waals surface area (Å²) in [5.41, 5.74) is -1.32. The van der Waals surface area contributed by atoms with Crippen molar-refractivity contribution in [1.82, 2.24) is 5.32 Å². The molecule has 0 spiro atoms. The molecule has 0 atom stereocenters. The zero-order valence-corrected chi connectivity index (χ0v) is 9.25. The maximum atomic E-state index is 11.7. The highest BCUT2D eigenvalue weighted by Gasteiger charge is 2.50. The highest BCUT2D eigenvalue weighted by atomic mass is 19.3. The summed E-state index contributed by atoms with van der Waals surface area (Å²) in [5, 5.41) is 11.3. The predicted molar refractivity (Wildman–Crippen MR) is 53.8 cm³/mol. The molecule has 0 aromatic rings. The minimum absolute atomic E-state index is 0.0422. The van der Waals surface area contributed by atoms with E-state index in [1.807, 2.05) is 0 Å². The van der Waals surface area contributed by atoms with Crippen LogP contribution >= 0.6 is 0 Å². The molecule has 2 N–H and O–H groups in total. The van der Waals surface area contributed by atoms with E-state index < -0.39 is 30.3 Å². The zero-order chi connectivity index (χ0) is 12.9. The molecular formula is C10H15F2NO4. The number of hydrogen-bond donors (Lipinski definition) is 2. The van der Waals surface area contributed by atoms with E-state index in [2.05, 4.69) is 10.1 Å². The van der Waals surface area contributed by atoms with Gasteiger partial charge in [-0.15, -0.1) is 0 Å². The van der Waals surface area contributed by atoms with Crippen LogP contribution in [0.2, 0.25) is 0 Å². The van der Waals surface area contributed by atoms with Gasteiger partial charge in [0.25, 0.3) is 6.43 Å². The third-order valence-electron chi connectivity index (χ3n) is 2.83. The SMILES string of the molecule is O=C(O)C1(C(=O)NCCOCC(F)F)CCC1. The lowest BCUT2D eigenvalue weighted by atomic mass is 9.68. The maximum Gasteiger partial charge on any atom is 0.319 e. The van der Waals surface area contributed by atoms with Gasteiger partial charge in [0.1, 0.15) is 12.0 Å². The molecule has 1 fully saturated rings. The molecule has 0 saturated heterocycles. The molecular weight excluding hydrogens is 236 g/mol. The fourth-order valence-corrected chi connectivity index (χ4v) is 1.65. The Hall–Kier alpha value is -1.24. The Balaban J connectivity index is 2.23. The van der Waals surface area contributed by atoms with Gasteiger partial charge in [-0.2, -0.15) is 0 Å². The summed E-state index contributed by atoms with van der Waals surface area (Å²) in [6.07, 6.45) is -1.18. The zero-order valence-electron chi connectivity index (χ0n) is 9.25. The summed E-state index contributed by atoms with van der Waals surface area (Å²) < 4.78 is 27.9. The van der Waals surface area contributed by atoms with Crippen LogP contribution in [0.15, 0.2) is 0 Å². The van der Waals surface area contributed by atoms with Crippen LogP contribution in [0.1, 0.15) is 19.3 Å². The van der Waals surface area contributed by atoms with Crippen LogP contribution in [0.4, 0.5) is 8.78 Å². The topological polar surface area (TPSA) is 75.6 Å². The van der Waals surface area contributed by atoms with Gasteiger partial charge in [-0.1, -0.05) is 6.42 Å². The maximum absolute atomic E-state index is 11.7. The lowest BCUT2D eigenvalue weighted by Gasteiger charge is -2.35. The van der Waals surface area contributed by atoms with Crippen molar-refractivity contribution in [3.05, 3.63) is 0 Å². The Morgan fingerprint density at radius 3 is 2.47 bits per heavy atom. The van der Waals surface area contributed by atoms with Crippen molar-refractivity contribution in [2.45, 2.75) is 25.7 Å². The van der Waals surface area contributed by atoms with E-state index in [0.29, 0.717) is 19.3 Å². The fourth-order valence-electron chi connectivity index (χ4n) is 1.65. The number of carboxylic acids is 1. The summed E-state index contributed by atoms with van der Waals surface area (Å²) in [7, 11) is 0. The lowest BCUT2D eigenvalue weighted by molar-refractivity contribution is -0.162. The van der Waals surface area contributed by atoms with Crippen LogP contribution in [-0.4, -0.2) is 43.2 Å². The Morgan fingerprint density at radius 1 is 1.41 bits per heavy atom. The third-order valence-corrected chi connectivity index (χ3v) is 2.83. The molecule has 0 bridgehead atoms. The van der Waals surface area contributed by atoms with Crippen LogP contribution < -0.4 is 5.32 Å². The number of amides is 1. The summed E-state index contributed by atoms with van der Waals surface area (Å²) in [5.74, 6) is -1.69. The first-order chi connectivity index (χ1) is 7.99. The standard InChI is InChI=1S/C10H15F2NO4/c11-7(12)6-17-5-4-13-8(14)10(9(15)16)2-1-3-10/h7H,1-6H2,(H,13,14)(H,15,16). The number of hydrogen-bond acceptors (Lipinski definition) is 3. The minimum atomic E-state index is -2.54. The highest BCUT2D eigenvalue weighted by Crippen LogP contribution is 2.41. The number of alkyl halides is 2. The van der Waals surface area contributed by atoms with Gasteiger partial charge in [-0.25, -0.2) is 8.78 Å². The third kappa shape index (κ3) is 3.36. The van der Waals surface area contributed by atoms with Gasteiger partial charge >= 0.3 is 5.97 Å². The number of rotatable bonds is 7. The molecule has 98 valence electrons. The molecule has 0 heterocycles. The van der Waals surface area contributed by atoms with Crippen LogP contribution in [-0.2, 0) is 14.3 Å². The second-order valence-corrected chi connectivity index (χ2v) is 3.96. The molecule has 1 aliphatic rings. The Bertz CT molecular complexity index is 292. The van der Waals surface area contributed by atoms with Crippen molar-refractivity contribution in [2.75, 3.05) is 19.8 Å². The predicted octanol–water partition coefficient (Wildman–Crippen LogP) is 0.639. The summed E-state index contributed by atoms with van der Waals surface area (Å²) in [6, 6.07) is 0. The Labute approximate surface area is 97.1 Å². The number of carbonyl (C=O) groups is 2. The summed E-state index contributed by atoms with van der Waals surface area (Å²) in [6.45, 7) is -0.688. The van der Waals surface area contributed by atoms with E-state index in [4.69, 9.17) is 5.11 Å². The molecule has 1 amide bonds. The summed E-state index contributed by atoms with van der Waals surface area (Å²) in [4.78, 5) is 22.5. The molecule has 0 aliphatic heterocycles. The molecule has 0 aromatic carbocycles. The summed E-state index contributed by atoms with van der Waals surface area (Å²) >= 11 is 0. The van der Waals surface area contributed by atoms with Gasteiger partial charge in [-0.3, -0.25) is 9.59 Å². The molecule has 1 aliphatic carbocycles. The first kappa shape index (κ1) is 13.8. The van der Waals surface area contributed by atoms with E-state index in [-0.39, 0.29) is 13.2 Å². The normalized spacial score (nSPS) is 17.6. The highest BCUT2D eigenvalue weighted by molar-refractivity contribution is 6.02. The van der Waals surface area contributed by atoms with Gasteiger partial charge in [0.15, 0.2) is 0 Å². The van der Waals surface area contributed by atoms with Crippen molar-refractivity contribution in [3.8, 4) is 0 Å². The molecule has 0 aromatic heterocycles. The van der Waals surface area contributed by atoms with Gasteiger partial charge in [-0.05, 0) is 12.8 Å². The van der Waals surface area contributed by atoms with Crippen molar-refractivity contribution in [1.29, 1.82) is 0 Å². The van der Waals surface area contributed by atoms with Crippen LogP contribution in [0.25, 0.3) is 0 Å². The smallest absolute Gasteiger partial charge is 0.319 e. The number of carboxylic acid groups (broad SMARTS) is 1. The van der Waals surface area contributed by atoms with Gasteiger partial charge in [0, 0.05) is 6.54 Å². The average molecular weight is 251 g/mol. The number of halogens is 2. The molecule has 17 heavy (non-hydrogen) atoms. The van der Waals surface area contributed by atoms with E-state index in [9.17, 15) is 18.4 Å². The number of nitrogens with one attached hydrogen (secondary N) is 1. The van der Waals surface area contributed by atoms with Gasteiger partial charge in [0.05, 0.1) is 6.61 Å². The first-order valence-corrected chi connectivity index (χ1v) is 5.36. The van der Waals surface area contributed by atoms with E-state index >= 15 is 0 Å². The van der Waals surface area contributed by atoms with Crippen LogP contribution in [0.3, 0.4) is 0 Å². The molecule has 7 heteroatoms. The Morgan fingerprint density at radius 2 is 2.06 bits per heavy atom. The number of aliphatic carboxylic acids is 1. The van der Waals surface area contributed by atoms with Crippen molar-refractivity contribution < 1.29 is 28.2 Å². The number of carbonyl (C=O) groups excluding carboxylic acids is 1. The molecule has 0 unspecified atom stereocenters. The van der Waals surface area contributed by atoms with Crippen molar-refractivity contribution in [3.63, 3.8) is 0 Å². The number of ether oxygens (including phenoxy) is 1. The minimum Gasteiger partial charge on any atom is -0.480 e.